The van der Waals surface area contributed by atoms with E-state index < -0.39 is 0 Å². The van der Waals surface area contributed by atoms with Crippen LogP contribution in [0.1, 0.15) is 54.4 Å². The second-order valence-corrected chi connectivity index (χ2v) is 5.26. The van der Waals surface area contributed by atoms with Gasteiger partial charge in [-0.25, -0.2) is 0 Å². The molecule has 0 rings (SSSR count). The van der Waals surface area contributed by atoms with Crippen LogP contribution in [0.5, 0.6) is 0 Å². The molecule has 0 aliphatic rings. The molecule has 0 aliphatic carbocycles. The molecule has 0 aromatic carbocycles. The van der Waals surface area contributed by atoms with Crippen LogP contribution in [-0.2, 0) is 4.74 Å². The summed E-state index contributed by atoms with van der Waals surface area (Å²) in [6.45, 7) is 13.6. The zero-order chi connectivity index (χ0) is 11.9. The minimum absolute atomic E-state index is 0.125. The summed E-state index contributed by atoms with van der Waals surface area (Å²) >= 11 is 0. The maximum absolute atomic E-state index is 5.49. The van der Waals surface area contributed by atoms with Crippen LogP contribution >= 0.6 is 0 Å². The zero-order valence-electron chi connectivity index (χ0n) is 11.2. The first kappa shape index (κ1) is 14.5. The molecular weight excluding hydrogens is 184 g/mol. The Hall–Kier alpha value is -0.480. The molecule has 0 N–H and O–H groups in total. The van der Waals surface area contributed by atoms with Gasteiger partial charge in [-0.3, -0.25) is 0 Å². The van der Waals surface area contributed by atoms with E-state index in [1.54, 1.807) is 0 Å². The number of rotatable bonds is 5. The molecule has 0 amide bonds. The fourth-order valence-electron chi connectivity index (χ4n) is 1.26. The Kier molecular flexibility index (Phi) is 6.68. The summed E-state index contributed by atoms with van der Waals surface area (Å²) in [5.41, 5.74) is 0.125. The molecule has 0 bridgehead atoms. The lowest BCUT2D eigenvalue weighted by Gasteiger charge is -2.13. The monoisotopic (exact) mass is 210 g/mol. The van der Waals surface area contributed by atoms with Gasteiger partial charge in [0.15, 0.2) is 0 Å². The van der Waals surface area contributed by atoms with Crippen molar-refractivity contribution in [3.05, 3.63) is 0 Å². The number of hydrogen-bond donors (Lipinski definition) is 0. The van der Waals surface area contributed by atoms with Crippen molar-refractivity contribution in [3.63, 3.8) is 0 Å². The van der Waals surface area contributed by atoms with Gasteiger partial charge in [0.05, 0.1) is 6.10 Å². The maximum atomic E-state index is 5.49. The normalized spacial score (nSPS) is 15.3. The summed E-state index contributed by atoms with van der Waals surface area (Å²) in [4.78, 5) is 0. The van der Waals surface area contributed by atoms with Crippen LogP contribution in [0.3, 0.4) is 0 Å². The highest BCUT2D eigenvalue weighted by atomic mass is 16.5. The summed E-state index contributed by atoms with van der Waals surface area (Å²) in [6.07, 6.45) is 2.60. The third-order valence-corrected chi connectivity index (χ3v) is 2.15. The van der Waals surface area contributed by atoms with Crippen molar-refractivity contribution in [3.8, 4) is 11.8 Å². The van der Waals surface area contributed by atoms with Gasteiger partial charge in [0.25, 0.3) is 0 Å². The van der Waals surface area contributed by atoms with E-state index in [2.05, 4.69) is 46.5 Å². The molecule has 2 atom stereocenters. The molecule has 0 aromatic rings. The molecule has 88 valence electrons. The molecule has 0 fully saturated rings. The van der Waals surface area contributed by atoms with Crippen molar-refractivity contribution in [1.82, 2.24) is 0 Å². The maximum Gasteiger partial charge on any atom is 0.0547 e. The van der Waals surface area contributed by atoms with E-state index in [0.717, 1.165) is 19.4 Å². The summed E-state index contributed by atoms with van der Waals surface area (Å²) in [6, 6.07) is 0. The van der Waals surface area contributed by atoms with E-state index >= 15 is 0 Å². The lowest BCUT2D eigenvalue weighted by molar-refractivity contribution is 0.0673. The van der Waals surface area contributed by atoms with E-state index in [-0.39, 0.29) is 5.41 Å². The van der Waals surface area contributed by atoms with Crippen molar-refractivity contribution < 1.29 is 4.74 Å². The summed E-state index contributed by atoms with van der Waals surface area (Å²) in [5, 5.41) is 0. The lowest BCUT2D eigenvalue weighted by atomic mass is 9.95. The lowest BCUT2D eigenvalue weighted by Crippen LogP contribution is -2.09. The quantitative estimate of drug-likeness (QED) is 0.626. The smallest absolute Gasteiger partial charge is 0.0547 e. The van der Waals surface area contributed by atoms with Gasteiger partial charge >= 0.3 is 0 Å². The largest absolute Gasteiger partial charge is 0.379 e. The molecule has 0 aliphatic heterocycles. The van der Waals surface area contributed by atoms with Crippen LogP contribution in [0.25, 0.3) is 0 Å². The van der Waals surface area contributed by atoms with Crippen LogP contribution in [-0.4, -0.2) is 12.7 Å². The minimum atomic E-state index is 0.125. The summed E-state index contributed by atoms with van der Waals surface area (Å²) in [7, 11) is 0. The number of hydrogen-bond acceptors (Lipinski definition) is 1. The molecule has 15 heavy (non-hydrogen) atoms. The van der Waals surface area contributed by atoms with Gasteiger partial charge in [-0.2, -0.15) is 0 Å². The topological polar surface area (TPSA) is 9.23 Å². The third-order valence-electron chi connectivity index (χ3n) is 2.15. The van der Waals surface area contributed by atoms with E-state index in [0.29, 0.717) is 12.0 Å². The van der Waals surface area contributed by atoms with Crippen LogP contribution in [0.2, 0.25) is 0 Å². The second-order valence-electron chi connectivity index (χ2n) is 5.26. The van der Waals surface area contributed by atoms with Crippen molar-refractivity contribution in [1.29, 1.82) is 0 Å². The van der Waals surface area contributed by atoms with Crippen molar-refractivity contribution >= 4 is 0 Å². The molecule has 0 saturated carbocycles. The molecule has 0 radical (unpaired) electrons. The Balaban J connectivity index is 3.83. The molecule has 0 heterocycles. The second kappa shape index (κ2) is 6.90. The average molecular weight is 210 g/mol. The first-order chi connectivity index (χ1) is 6.85. The minimum Gasteiger partial charge on any atom is -0.379 e. The van der Waals surface area contributed by atoms with Crippen molar-refractivity contribution in [2.75, 3.05) is 6.61 Å². The third kappa shape index (κ3) is 9.82. The van der Waals surface area contributed by atoms with Crippen molar-refractivity contribution in [2.45, 2.75) is 60.5 Å². The van der Waals surface area contributed by atoms with E-state index in [1.165, 1.54) is 0 Å². The molecule has 1 nitrogen and oxygen atoms in total. The van der Waals surface area contributed by atoms with Gasteiger partial charge in [0.1, 0.15) is 0 Å². The van der Waals surface area contributed by atoms with Gasteiger partial charge < -0.3 is 4.74 Å². The van der Waals surface area contributed by atoms with Crippen molar-refractivity contribution in [2.24, 2.45) is 11.3 Å². The Bertz CT molecular complexity index is 214. The highest BCUT2D eigenvalue weighted by Crippen LogP contribution is 2.13. The van der Waals surface area contributed by atoms with E-state index in [1.807, 2.05) is 6.92 Å². The van der Waals surface area contributed by atoms with Gasteiger partial charge in [0, 0.05) is 17.9 Å². The standard InChI is InChI=1S/C14H26O/c1-7-15-13(3)9-8-12(2)10-11-14(4,5)6/h12-13H,7-9H2,1-6H3. The Morgan fingerprint density at radius 2 is 1.73 bits per heavy atom. The Morgan fingerprint density at radius 1 is 1.13 bits per heavy atom. The molecule has 2 unspecified atom stereocenters. The van der Waals surface area contributed by atoms with Gasteiger partial charge in [-0.1, -0.05) is 18.8 Å². The first-order valence-electron chi connectivity index (χ1n) is 5.99. The first-order valence-corrected chi connectivity index (χ1v) is 5.99. The summed E-state index contributed by atoms with van der Waals surface area (Å²) < 4.78 is 5.49. The highest BCUT2D eigenvalue weighted by Gasteiger charge is 2.06. The van der Waals surface area contributed by atoms with E-state index in [4.69, 9.17) is 4.74 Å². The van der Waals surface area contributed by atoms with Crippen LogP contribution in [0.4, 0.5) is 0 Å². The average Bonchev–Trinajstić information content (AvgIpc) is 2.11. The van der Waals surface area contributed by atoms with Crippen LogP contribution < -0.4 is 0 Å². The molecule has 0 aromatic heterocycles. The molecule has 1 heteroatoms. The van der Waals surface area contributed by atoms with E-state index in [9.17, 15) is 0 Å². The molecule has 0 saturated heterocycles. The fraction of sp³-hybridized carbons (Fsp3) is 0.857. The molecule has 0 spiro atoms. The van der Waals surface area contributed by atoms with Gasteiger partial charge in [-0.05, 0) is 47.5 Å². The fourth-order valence-corrected chi connectivity index (χ4v) is 1.26. The van der Waals surface area contributed by atoms with Gasteiger partial charge in [0.2, 0.25) is 0 Å². The highest BCUT2D eigenvalue weighted by molar-refractivity contribution is 5.09. The van der Waals surface area contributed by atoms with Crippen LogP contribution in [0.15, 0.2) is 0 Å². The SMILES string of the molecule is CCOC(C)CCC(C)C#CC(C)(C)C. The van der Waals surface area contributed by atoms with Gasteiger partial charge in [-0.15, -0.1) is 0 Å². The zero-order valence-corrected chi connectivity index (χ0v) is 11.2. The molecular formula is C14H26O. The Morgan fingerprint density at radius 3 is 2.20 bits per heavy atom. The predicted molar refractivity (Wildman–Crippen MR) is 66.7 cm³/mol. The number of ether oxygens (including phenoxy) is 1. The van der Waals surface area contributed by atoms with Crippen LogP contribution in [0, 0.1) is 23.2 Å². The predicted octanol–water partition coefficient (Wildman–Crippen LogP) is 3.88. The summed E-state index contributed by atoms with van der Waals surface area (Å²) in [5.74, 6) is 7.08. The Labute approximate surface area is 95.6 Å².